The van der Waals surface area contributed by atoms with Crippen LogP contribution in [0.1, 0.15) is 28.7 Å². The molecule has 2 amide bonds. The highest BCUT2D eigenvalue weighted by atomic mass is 19.4. The number of alkyl halides is 3. The molecule has 0 spiro atoms. The second-order valence-electron chi connectivity index (χ2n) is 7.67. The maximum Gasteiger partial charge on any atom is 0.433 e. The summed E-state index contributed by atoms with van der Waals surface area (Å²) in [6, 6.07) is 9.15. The largest absolute Gasteiger partial charge is 0.450 e. The van der Waals surface area contributed by atoms with Crippen LogP contribution in [0.3, 0.4) is 0 Å². The molecule has 1 aromatic carbocycles. The Morgan fingerprint density at radius 1 is 1.03 bits per heavy atom. The average Bonchev–Trinajstić information content (AvgIpc) is 3.22. The fourth-order valence-corrected chi connectivity index (χ4v) is 3.62. The molecule has 1 aliphatic rings. The molecule has 0 radical (unpaired) electrons. The van der Waals surface area contributed by atoms with Crippen LogP contribution >= 0.6 is 0 Å². The maximum atomic E-state index is 13.8. The number of amides is 2. The molecular weight excluding hydrogens is 439 g/mol. The minimum atomic E-state index is -4.70. The molecule has 4 rings (SSSR count). The Morgan fingerprint density at radius 2 is 1.67 bits per heavy atom. The highest BCUT2D eigenvalue weighted by Crippen LogP contribution is 2.32. The van der Waals surface area contributed by atoms with Crippen molar-refractivity contribution in [3.05, 3.63) is 53.3 Å². The van der Waals surface area contributed by atoms with Gasteiger partial charge in [0, 0.05) is 37.8 Å². The van der Waals surface area contributed by atoms with Crippen LogP contribution in [0.25, 0.3) is 16.9 Å². The minimum absolute atomic E-state index is 0.0751. The van der Waals surface area contributed by atoms with Gasteiger partial charge in [0.05, 0.1) is 12.3 Å². The first-order valence-electron chi connectivity index (χ1n) is 10.4. The summed E-state index contributed by atoms with van der Waals surface area (Å²) in [6.07, 6.45) is -5.15. The van der Waals surface area contributed by atoms with Gasteiger partial charge < -0.3 is 14.5 Å². The van der Waals surface area contributed by atoms with Crippen molar-refractivity contribution in [2.75, 3.05) is 32.8 Å². The Kier molecular flexibility index (Phi) is 5.96. The van der Waals surface area contributed by atoms with Crippen molar-refractivity contribution in [3.63, 3.8) is 0 Å². The quantitative estimate of drug-likeness (QED) is 0.595. The fraction of sp³-hybridized carbons (Fsp3) is 0.364. The first kappa shape index (κ1) is 22.6. The summed E-state index contributed by atoms with van der Waals surface area (Å²) in [7, 11) is 0. The van der Waals surface area contributed by atoms with Gasteiger partial charge in [-0.15, -0.1) is 0 Å². The van der Waals surface area contributed by atoms with E-state index in [-0.39, 0.29) is 49.8 Å². The highest BCUT2D eigenvalue weighted by molar-refractivity contribution is 5.93. The number of benzene rings is 1. The molecule has 0 bridgehead atoms. The number of carbonyl (C=O) groups is 2. The molecule has 3 aromatic rings. The zero-order valence-corrected chi connectivity index (χ0v) is 18.1. The molecule has 1 fully saturated rings. The Hall–Kier alpha value is -3.63. The number of hydrogen-bond donors (Lipinski definition) is 0. The number of halogens is 3. The average molecular weight is 461 g/mol. The normalized spacial score (nSPS) is 14.6. The van der Waals surface area contributed by atoms with Gasteiger partial charge in [0.1, 0.15) is 0 Å². The smallest absolute Gasteiger partial charge is 0.433 e. The topological polar surface area (TPSA) is 80.0 Å². The van der Waals surface area contributed by atoms with E-state index in [9.17, 15) is 22.8 Å². The van der Waals surface area contributed by atoms with Crippen LogP contribution in [0.5, 0.6) is 0 Å². The van der Waals surface area contributed by atoms with E-state index in [4.69, 9.17) is 4.74 Å². The molecule has 11 heteroatoms. The van der Waals surface area contributed by atoms with Crippen LogP contribution in [0.4, 0.5) is 18.0 Å². The molecule has 174 valence electrons. The summed E-state index contributed by atoms with van der Waals surface area (Å²) in [5, 5.41) is 3.92. The zero-order chi connectivity index (χ0) is 23.8. The summed E-state index contributed by atoms with van der Waals surface area (Å²) in [4.78, 5) is 32.0. The summed E-state index contributed by atoms with van der Waals surface area (Å²) in [6.45, 7) is 4.80. The molecule has 0 unspecified atom stereocenters. The first-order chi connectivity index (χ1) is 15.7. The third-order valence-electron chi connectivity index (χ3n) is 5.38. The summed E-state index contributed by atoms with van der Waals surface area (Å²) >= 11 is 0. The first-order valence-corrected chi connectivity index (χ1v) is 10.4. The standard InChI is InChI=1S/C22H22F3N5O3/c1-3-33-21(32)29-10-8-28(9-11-29)20(31)17-13-19-26-16(15-6-4-14(2)5-7-15)12-18(22(23,24)25)30(19)27-17/h4-7,12-13H,3,8-11H2,1-2H3. The summed E-state index contributed by atoms with van der Waals surface area (Å²) in [5.41, 5.74) is 0.396. The van der Waals surface area contributed by atoms with Crippen molar-refractivity contribution in [1.29, 1.82) is 0 Å². The van der Waals surface area contributed by atoms with Gasteiger partial charge in [-0.3, -0.25) is 4.79 Å². The number of carbonyl (C=O) groups excluding carboxylic acids is 2. The monoisotopic (exact) mass is 461 g/mol. The van der Waals surface area contributed by atoms with Gasteiger partial charge in [-0.05, 0) is 19.9 Å². The van der Waals surface area contributed by atoms with E-state index in [1.165, 1.54) is 15.9 Å². The van der Waals surface area contributed by atoms with Crippen molar-refractivity contribution in [3.8, 4) is 11.3 Å². The van der Waals surface area contributed by atoms with Gasteiger partial charge in [-0.2, -0.15) is 18.3 Å². The third kappa shape index (κ3) is 4.62. The zero-order valence-electron chi connectivity index (χ0n) is 18.1. The second kappa shape index (κ2) is 8.72. The number of piperazine rings is 1. The van der Waals surface area contributed by atoms with Crippen LogP contribution < -0.4 is 0 Å². The molecular formula is C22H22F3N5O3. The van der Waals surface area contributed by atoms with Crippen LogP contribution in [0.2, 0.25) is 0 Å². The summed E-state index contributed by atoms with van der Waals surface area (Å²) in [5.74, 6) is -0.519. The molecule has 0 N–H and O–H groups in total. The van der Waals surface area contributed by atoms with E-state index in [2.05, 4.69) is 10.1 Å². The molecule has 3 heterocycles. The van der Waals surface area contributed by atoms with Crippen LogP contribution in [0.15, 0.2) is 36.4 Å². The van der Waals surface area contributed by atoms with Gasteiger partial charge >= 0.3 is 12.3 Å². The summed E-state index contributed by atoms with van der Waals surface area (Å²) < 4.78 is 47.0. The fourth-order valence-electron chi connectivity index (χ4n) is 3.62. The van der Waals surface area contributed by atoms with Gasteiger partial charge in [-0.1, -0.05) is 29.8 Å². The third-order valence-corrected chi connectivity index (χ3v) is 5.38. The number of ether oxygens (including phenoxy) is 1. The maximum absolute atomic E-state index is 13.8. The minimum Gasteiger partial charge on any atom is -0.450 e. The second-order valence-corrected chi connectivity index (χ2v) is 7.67. The van der Waals surface area contributed by atoms with Crippen molar-refractivity contribution >= 4 is 17.6 Å². The number of hydrogen-bond acceptors (Lipinski definition) is 5. The molecule has 1 saturated heterocycles. The van der Waals surface area contributed by atoms with Crippen molar-refractivity contribution < 1.29 is 27.5 Å². The highest BCUT2D eigenvalue weighted by Gasteiger charge is 2.36. The number of rotatable bonds is 3. The van der Waals surface area contributed by atoms with E-state index >= 15 is 0 Å². The lowest BCUT2D eigenvalue weighted by atomic mass is 10.1. The van der Waals surface area contributed by atoms with E-state index in [0.717, 1.165) is 11.6 Å². The Balaban J connectivity index is 1.64. The number of aromatic nitrogens is 3. The Morgan fingerprint density at radius 3 is 2.27 bits per heavy atom. The van der Waals surface area contributed by atoms with Crippen LogP contribution in [0, 0.1) is 6.92 Å². The molecule has 1 aliphatic heterocycles. The van der Waals surface area contributed by atoms with Gasteiger partial charge in [0.25, 0.3) is 5.91 Å². The molecule has 33 heavy (non-hydrogen) atoms. The molecule has 0 aliphatic carbocycles. The number of aryl methyl sites for hydroxylation is 1. The van der Waals surface area contributed by atoms with Gasteiger partial charge in [0.15, 0.2) is 17.0 Å². The van der Waals surface area contributed by atoms with Crippen LogP contribution in [-0.2, 0) is 10.9 Å². The SMILES string of the molecule is CCOC(=O)N1CCN(C(=O)c2cc3nc(-c4ccc(C)cc4)cc(C(F)(F)F)n3n2)CC1. The van der Waals surface area contributed by atoms with Crippen LogP contribution in [-0.4, -0.2) is 69.2 Å². The predicted octanol–water partition coefficient (Wildman–Crippen LogP) is 3.64. The lowest BCUT2D eigenvalue weighted by molar-refractivity contribution is -0.142. The lowest BCUT2D eigenvalue weighted by Gasteiger charge is -2.33. The molecule has 0 atom stereocenters. The van der Waals surface area contributed by atoms with E-state index < -0.39 is 23.9 Å². The molecule has 0 saturated carbocycles. The number of nitrogens with zero attached hydrogens (tertiary/aromatic N) is 5. The molecule has 8 nitrogen and oxygen atoms in total. The molecule has 2 aromatic heterocycles. The van der Waals surface area contributed by atoms with E-state index in [0.29, 0.717) is 10.1 Å². The Labute approximate surface area is 187 Å². The number of fused-ring (bicyclic) bond motifs is 1. The predicted molar refractivity (Wildman–Crippen MR) is 113 cm³/mol. The van der Waals surface area contributed by atoms with Crippen molar-refractivity contribution in [2.45, 2.75) is 20.0 Å². The van der Waals surface area contributed by atoms with Crippen molar-refractivity contribution in [1.82, 2.24) is 24.4 Å². The van der Waals surface area contributed by atoms with Gasteiger partial charge in [0.2, 0.25) is 0 Å². The Bertz CT molecular complexity index is 1180. The van der Waals surface area contributed by atoms with E-state index in [1.807, 2.05) is 6.92 Å². The van der Waals surface area contributed by atoms with E-state index in [1.54, 1.807) is 31.2 Å². The van der Waals surface area contributed by atoms with Gasteiger partial charge in [-0.25, -0.2) is 14.3 Å². The lowest BCUT2D eigenvalue weighted by Crippen LogP contribution is -2.50. The van der Waals surface area contributed by atoms with Crippen molar-refractivity contribution in [2.24, 2.45) is 0 Å².